The Morgan fingerprint density at radius 1 is 1.33 bits per heavy atom. The highest BCUT2D eigenvalue weighted by atomic mass is 35.5. The topological polar surface area (TPSA) is 62.6 Å². The number of carbonyl (C=O) groups is 1. The van der Waals surface area contributed by atoms with Crippen LogP contribution in [0.5, 0.6) is 11.5 Å². The number of nitrogens with zero attached hydrogens (tertiary/aromatic N) is 2. The lowest BCUT2D eigenvalue weighted by Crippen LogP contribution is -2.10. The maximum atomic E-state index is 12.0. The van der Waals surface area contributed by atoms with E-state index in [1.165, 1.54) is 6.08 Å². The molecule has 7 heteroatoms. The predicted molar refractivity (Wildman–Crippen MR) is 102 cm³/mol. The zero-order valence-corrected chi connectivity index (χ0v) is 15.4. The first kappa shape index (κ1) is 17.4. The molecule has 0 N–H and O–H groups in total. The number of hydrogen-bond acceptors (Lipinski definition) is 5. The SMILES string of the molecule is Cc1nc2ccccc2n1CCOC(=O)/C=C/c1cc(Cl)c2c(c1)OCO2. The van der Waals surface area contributed by atoms with E-state index in [9.17, 15) is 4.79 Å². The summed E-state index contributed by atoms with van der Waals surface area (Å²) in [7, 11) is 0. The van der Waals surface area contributed by atoms with Gasteiger partial charge in [0, 0.05) is 6.08 Å². The highest BCUT2D eigenvalue weighted by Crippen LogP contribution is 2.40. The molecule has 27 heavy (non-hydrogen) atoms. The lowest BCUT2D eigenvalue weighted by molar-refractivity contribution is -0.137. The molecule has 2 heterocycles. The van der Waals surface area contributed by atoms with Crippen LogP contribution in [-0.4, -0.2) is 28.9 Å². The number of rotatable bonds is 5. The molecule has 0 amide bonds. The summed E-state index contributed by atoms with van der Waals surface area (Å²) in [4.78, 5) is 16.5. The third-order valence-electron chi connectivity index (χ3n) is 4.27. The molecule has 0 radical (unpaired) electrons. The second-order valence-electron chi connectivity index (χ2n) is 6.04. The van der Waals surface area contributed by atoms with Gasteiger partial charge in [-0.05, 0) is 42.8 Å². The summed E-state index contributed by atoms with van der Waals surface area (Å²) in [5.41, 5.74) is 2.69. The molecular formula is C20H17ClN2O4. The second kappa shape index (κ2) is 7.32. The van der Waals surface area contributed by atoms with Crippen molar-refractivity contribution in [3.63, 3.8) is 0 Å². The van der Waals surface area contributed by atoms with Crippen molar-refractivity contribution in [1.82, 2.24) is 9.55 Å². The van der Waals surface area contributed by atoms with Gasteiger partial charge < -0.3 is 18.8 Å². The van der Waals surface area contributed by atoms with Gasteiger partial charge in [-0.15, -0.1) is 0 Å². The number of para-hydroxylation sites is 2. The van der Waals surface area contributed by atoms with Gasteiger partial charge in [0.1, 0.15) is 12.4 Å². The van der Waals surface area contributed by atoms with Gasteiger partial charge in [-0.2, -0.15) is 0 Å². The molecule has 1 aliphatic rings. The van der Waals surface area contributed by atoms with Crippen LogP contribution in [-0.2, 0) is 16.1 Å². The molecule has 6 nitrogen and oxygen atoms in total. The second-order valence-corrected chi connectivity index (χ2v) is 6.44. The number of esters is 1. The lowest BCUT2D eigenvalue weighted by Gasteiger charge is -2.07. The minimum atomic E-state index is -0.425. The van der Waals surface area contributed by atoms with Crippen LogP contribution in [0.15, 0.2) is 42.5 Å². The molecule has 0 aliphatic carbocycles. The van der Waals surface area contributed by atoms with Gasteiger partial charge in [-0.25, -0.2) is 9.78 Å². The number of fused-ring (bicyclic) bond motifs is 2. The van der Waals surface area contributed by atoms with Crippen molar-refractivity contribution in [1.29, 1.82) is 0 Å². The quantitative estimate of drug-likeness (QED) is 0.491. The van der Waals surface area contributed by atoms with E-state index in [0.717, 1.165) is 22.4 Å². The lowest BCUT2D eigenvalue weighted by atomic mass is 10.2. The van der Waals surface area contributed by atoms with E-state index in [-0.39, 0.29) is 13.4 Å². The largest absolute Gasteiger partial charge is 0.461 e. The molecule has 0 spiro atoms. The molecule has 1 aliphatic heterocycles. The standard InChI is InChI=1S/C20H17ClN2O4/c1-13-22-16-4-2-3-5-17(16)23(13)8-9-25-19(24)7-6-14-10-15(21)20-18(11-14)26-12-27-20/h2-7,10-11H,8-9,12H2,1H3/b7-6+. The van der Waals surface area contributed by atoms with Crippen molar-refractivity contribution in [3.05, 3.63) is 58.9 Å². The molecule has 1 aromatic heterocycles. The maximum absolute atomic E-state index is 12.0. The van der Waals surface area contributed by atoms with E-state index in [2.05, 4.69) is 4.98 Å². The van der Waals surface area contributed by atoms with E-state index in [1.807, 2.05) is 35.8 Å². The maximum Gasteiger partial charge on any atom is 0.330 e. The number of halogens is 1. The van der Waals surface area contributed by atoms with Crippen molar-refractivity contribution in [3.8, 4) is 11.5 Å². The number of imidazole rings is 1. The van der Waals surface area contributed by atoms with Gasteiger partial charge >= 0.3 is 5.97 Å². The Balaban J connectivity index is 1.37. The number of carbonyl (C=O) groups excluding carboxylic acids is 1. The van der Waals surface area contributed by atoms with E-state index < -0.39 is 5.97 Å². The number of hydrogen-bond donors (Lipinski definition) is 0. The Kier molecular flexibility index (Phi) is 4.73. The van der Waals surface area contributed by atoms with Gasteiger partial charge in [0.05, 0.1) is 22.6 Å². The molecule has 0 bridgehead atoms. The Bertz CT molecular complexity index is 1040. The highest BCUT2D eigenvalue weighted by molar-refractivity contribution is 6.32. The van der Waals surface area contributed by atoms with Crippen LogP contribution < -0.4 is 9.47 Å². The number of aryl methyl sites for hydroxylation is 1. The first-order chi connectivity index (χ1) is 13.1. The Labute approximate surface area is 160 Å². The Morgan fingerprint density at radius 2 is 2.19 bits per heavy atom. The summed E-state index contributed by atoms with van der Waals surface area (Å²) in [5, 5.41) is 0.445. The zero-order chi connectivity index (χ0) is 18.8. The van der Waals surface area contributed by atoms with Crippen LogP contribution in [0, 0.1) is 6.92 Å². The monoisotopic (exact) mass is 384 g/mol. The van der Waals surface area contributed by atoms with Crippen molar-refractivity contribution in [2.45, 2.75) is 13.5 Å². The van der Waals surface area contributed by atoms with E-state index in [0.29, 0.717) is 23.1 Å². The van der Waals surface area contributed by atoms with Crippen molar-refractivity contribution >= 4 is 34.7 Å². The average Bonchev–Trinajstić information content (AvgIpc) is 3.25. The first-order valence-electron chi connectivity index (χ1n) is 8.47. The molecule has 4 rings (SSSR count). The first-order valence-corrected chi connectivity index (χ1v) is 8.85. The molecule has 3 aromatic rings. The van der Waals surface area contributed by atoms with E-state index in [1.54, 1.807) is 18.2 Å². The molecule has 0 fully saturated rings. The fourth-order valence-electron chi connectivity index (χ4n) is 3.01. The summed E-state index contributed by atoms with van der Waals surface area (Å²) in [5.74, 6) is 1.56. The van der Waals surface area contributed by atoms with Crippen molar-refractivity contribution < 1.29 is 19.0 Å². The van der Waals surface area contributed by atoms with Gasteiger partial charge in [0.25, 0.3) is 0 Å². The summed E-state index contributed by atoms with van der Waals surface area (Å²) in [6, 6.07) is 11.3. The van der Waals surface area contributed by atoms with Crippen LogP contribution in [0.25, 0.3) is 17.1 Å². The molecular weight excluding hydrogens is 368 g/mol. The molecule has 138 valence electrons. The third kappa shape index (κ3) is 3.61. The fraction of sp³-hybridized carbons (Fsp3) is 0.200. The van der Waals surface area contributed by atoms with Crippen LogP contribution in [0.4, 0.5) is 0 Å². The van der Waals surface area contributed by atoms with Gasteiger partial charge in [0.2, 0.25) is 6.79 Å². The van der Waals surface area contributed by atoms with Gasteiger partial charge in [-0.3, -0.25) is 0 Å². The van der Waals surface area contributed by atoms with Crippen molar-refractivity contribution in [2.24, 2.45) is 0 Å². The van der Waals surface area contributed by atoms with E-state index in [4.69, 9.17) is 25.8 Å². The Hall–Kier alpha value is -2.99. The van der Waals surface area contributed by atoms with Crippen LogP contribution in [0.1, 0.15) is 11.4 Å². The van der Waals surface area contributed by atoms with Crippen LogP contribution in [0.3, 0.4) is 0 Å². The van der Waals surface area contributed by atoms with Gasteiger partial charge in [-0.1, -0.05) is 23.7 Å². The summed E-state index contributed by atoms with van der Waals surface area (Å²) >= 11 is 6.13. The molecule has 0 unspecified atom stereocenters. The van der Waals surface area contributed by atoms with Crippen molar-refractivity contribution in [2.75, 3.05) is 13.4 Å². The van der Waals surface area contributed by atoms with Crippen LogP contribution in [0.2, 0.25) is 5.02 Å². The van der Waals surface area contributed by atoms with Crippen LogP contribution >= 0.6 is 11.6 Å². The van der Waals surface area contributed by atoms with Gasteiger partial charge in [0.15, 0.2) is 11.5 Å². The number of ether oxygens (including phenoxy) is 3. The van der Waals surface area contributed by atoms with E-state index >= 15 is 0 Å². The number of aromatic nitrogens is 2. The average molecular weight is 385 g/mol. The summed E-state index contributed by atoms with van der Waals surface area (Å²) < 4.78 is 17.9. The zero-order valence-electron chi connectivity index (χ0n) is 14.6. The molecule has 0 atom stereocenters. The highest BCUT2D eigenvalue weighted by Gasteiger charge is 2.17. The normalized spacial score (nSPS) is 12.8. The predicted octanol–water partition coefficient (Wildman–Crippen LogP) is 3.98. The minimum absolute atomic E-state index is 0.145. The Morgan fingerprint density at radius 3 is 3.07 bits per heavy atom. The number of benzene rings is 2. The molecule has 0 saturated carbocycles. The summed E-state index contributed by atoms with van der Waals surface area (Å²) in [6.45, 7) is 2.88. The minimum Gasteiger partial charge on any atom is -0.461 e. The third-order valence-corrected chi connectivity index (χ3v) is 4.55. The fourth-order valence-corrected chi connectivity index (χ4v) is 3.29. The molecule has 0 saturated heterocycles. The molecule has 2 aromatic carbocycles. The summed E-state index contributed by atoms with van der Waals surface area (Å²) in [6.07, 6.45) is 3.00. The smallest absolute Gasteiger partial charge is 0.330 e.